The molecule has 0 saturated heterocycles. The van der Waals surface area contributed by atoms with E-state index < -0.39 is 11.9 Å². The van der Waals surface area contributed by atoms with Crippen molar-refractivity contribution in [1.29, 1.82) is 0 Å². The molecule has 10 nitrogen and oxygen atoms in total. The van der Waals surface area contributed by atoms with Crippen LogP contribution in [0.15, 0.2) is 103 Å². The lowest BCUT2D eigenvalue weighted by molar-refractivity contribution is -0.138. The fourth-order valence-corrected chi connectivity index (χ4v) is 3.94. The van der Waals surface area contributed by atoms with Gasteiger partial charge < -0.3 is 29.0 Å². The second kappa shape index (κ2) is 20.4. The van der Waals surface area contributed by atoms with E-state index in [9.17, 15) is 14.4 Å². The Labute approximate surface area is 275 Å². The van der Waals surface area contributed by atoms with Crippen LogP contribution in [-0.4, -0.2) is 57.6 Å². The number of methoxy groups -OCH3 is 1. The first-order valence-corrected chi connectivity index (χ1v) is 15.2. The van der Waals surface area contributed by atoms with Crippen LogP contribution in [0.25, 0.3) is 6.08 Å². The smallest absolute Gasteiger partial charge is 0.330 e. The Bertz CT molecular complexity index is 1530. The Balaban J connectivity index is 1.42. The molecule has 246 valence electrons. The highest BCUT2D eigenvalue weighted by Crippen LogP contribution is 2.30. The molecule has 0 atom stereocenters. The minimum absolute atomic E-state index is 0.292. The Kier molecular flexibility index (Phi) is 15.6. The predicted molar refractivity (Wildman–Crippen MR) is 183 cm³/mol. The molecule has 0 spiro atoms. The van der Waals surface area contributed by atoms with E-state index >= 15 is 0 Å². The Morgan fingerprint density at radius 3 is 1.79 bits per heavy atom. The van der Waals surface area contributed by atoms with Gasteiger partial charge in [0.15, 0.2) is 0 Å². The number of esters is 2. The van der Waals surface area contributed by atoms with Crippen LogP contribution < -0.4 is 19.5 Å². The Hall–Kier alpha value is -5.64. The average Bonchev–Trinajstić information content (AvgIpc) is 3.10. The molecule has 0 aliphatic rings. The zero-order chi connectivity index (χ0) is 33.7. The van der Waals surface area contributed by atoms with Crippen molar-refractivity contribution in [3.05, 3.63) is 109 Å². The zero-order valence-corrected chi connectivity index (χ0v) is 26.5. The number of ether oxygens (including phenoxy) is 5. The van der Waals surface area contributed by atoms with Gasteiger partial charge in [0.2, 0.25) is 5.91 Å². The van der Waals surface area contributed by atoms with Gasteiger partial charge in [-0.1, -0.05) is 25.3 Å². The monoisotopic (exact) mass is 640 g/mol. The minimum Gasteiger partial charge on any atom is -0.494 e. The van der Waals surface area contributed by atoms with E-state index in [-0.39, 0.29) is 5.91 Å². The van der Waals surface area contributed by atoms with Crippen molar-refractivity contribution >= 4 is 41.5 Å². The lowest BCUT2D eigenvalue weighted by Crippen LogP contribution is -2.07. The van der Waals surface area contributed by atoms with E-state index in [1.54, 1.807) is 37.6 Å². The number of carbonyl (C=O) groups is 3. The van der Waals surface area contributed by atoms with Crippen molar-refractivity contribution in [3.8, 4) is 17.2 Å². The second-order valence-electron chi connectivity index (χ2n) is 9.96. The van der Waals surface area contributed by atoms with Crippen LogP contribution in [-0.2, 0) is 23.9 Å². The van der Waals surface area contributed by atoms with Crippen LogP contribution in [0.1, 0.15) is 36.8 Å². The van der Waals surface area contributed by atoms with Gasteiger partial charge in [0, 0.05) is 36.2 Å². The summed E-state index contributed by atoms with van der Waals surface area (Å²) >= 11 is 0. The van der Waals surface area contributed by atoms with Gasteiger partial charge in [-0.2, -0.15) is 0 Å². The summed E-state index contributed by atoms with van der Waals surface area (Å²) in [5, 5.41) is 2.84. The maximum absolute atomic E-state index is 12.6. The molecule has 0 radical (unpaired) electrons. The molecule has 0 bridgehead atoms. The van der Waals surface area contributed by atoms with Gasteiger partial charge >= 0.3 is 11.9 Å². The van der Waals surface area contributed by atoms with Crippen LogP contribution in [0.4, 0.5) is 11.4 Å². The molecular formula is C37H40N2O8. The zero-order valence-electron chi connectivity index (χ0n) is 26.5. The van der Waals surface area contributed by atoms with Crippen molar-refractivity contribution in [2.75, 3.05) is 38.9 Å². The number of carbonyl (C=O) groups excluding carboxylic acids is 3. The molecule has 3 aromatic carbocycles. The molecule has 0 fully saturated rings. The van der Waals surface area contributed by atoms with Crippen molar-refractivity contribution in [1.82, 2.24) is 0 Å². The molecule has 0 heterocycles. The van der Waals surface area contributed by atoms with Gasteiger partial charge in [0.05, 0.1) is 33.5 Å². The number of rotatable bonds is 20. The molecule has 0 aromatic heterocycles. The van der Waals surface area contributed by atoms with Crippen molar-refractivity contribution in [2.24, 2.45) is 4.99 Å². The molecule has 1 amide bonds. The third-order valence-corrected chi connectivity index (χ3v) is 6.42. The van der Waals surface area contributed by atoms with E-state index in [4.69, 9.17) is 23.7 Å². The lowest BCUT2D eigenvalue weighted by Gasteiger charge is -2.08. The maximum Gasteiger partial charge on any atom is 0.330 e. The summed E-state index contributed by atoms with van der Waals surface area (Å²) in [4.78, 5) is 39.1. The number of hydrogen-bond donors (Lipinski definition) is 1. The molecule has 3 aromatic rings. The number of nitrogens with one attached hydrogen (secondary N) is 1. The topological polar surface area (TPSA) is 122 Å². The lowest BCUT2D eigenvalue weighted by atomic mass is 10.2. The first kappa shape index (κ1) is 35.8. The van der Waals surface area contributed by atoms with Gasteiger partial charge in [0.1, 0.15) is 22.9 Å². The number of nitrogens with zero attached hydrogens (tertiary/aromatic N) is 1. The highest BCUT2D eigenvalue weighted by molar-refractivity contribution is 6.02. The van der Waals surface area contributed by atoms with E-state index in [0.717, 1.165) is 41.9 Å². The van der Waals surface area contributed by atoms with E-state index in [0.29, 0.717) is 62.1 Å². The van der Waals surface area contributed by atoms with Gasteiger partial charge in [-0.05, 0) is 91.4 Å². The van der Waals surface area contributed by atoms with Crippen LogP contribution in [0.3, 0.4) is 0 Å². The van der Waals surface area contributed by atoms with Crippen molar-refractivity contribution in [2.45, 2.75) is 25.7 Å². The molecule has 47 heavy (non-hydrogen) atoms. The summed E-state index contributed by atoms with van der Waals surface area (Å²) in [5.74, 6) is 0.815. The summed E-state index contributed by atoms with van der Waals surface area (Å²) in [6, 6.07) is 20.1. The minimum atomic E-state index is -0.426. The number of hydrogen-bond acceptors (Lipinski definition) is 9. The maximum atomic E-state index is 12.6. The van der Waals surface area contributed by atoms with Crippen LogP contribution in [0, 0.1) is 0 Å². The summed E-state index contributed by atoms with van der Waals surface area (Å²) in [5.41, 5.74) is 2.90. The Morgan fingerprint density at radius 2 is 1.26 bits per heavy atom. The number of anilines is 1. The van der Waals surface area contributed by atoms with Crippen LogP contribution in [0.5, 0.6) is 17.2 Å². The number of amides is 1. The van der Waals surface area contributed by atoms with E-state index in [2.05, 4.69) is 23.5 Å². The number of unbranched alkanes of at least 4 members (excludes halogenated alkanes) is 2. The quantitative estimate of drug-likeness (QED) is 0.0615. The molecule has 3 rings (SSSR count). The SMILES string of the molecule is C=CC(=O)OCCCCOc1ccc(/C=C/C(=O)Nc2ccc(/N=C/c3ccc(OCCCCOC(=O)C=C)cc3)c(OC)c2)cc1. The summed E-state index contributed by atoms with van der Waals surface area (Å²) in [6.07, 6.45) is 10.1. The molecule has 0 saturated carbocycles. The number of aliphatic imine (C=N–C) groups is 1. The molecule has 1 N–H and O–H groups in total. The van der Waals surface area contributed by atoms with Crippen LogP contribution >= 0.6 is 0 Å². The molecule has 0 aliphatic heterocycles. The summed E-state index contributed by atoms with van der Waals surface area (Å²) in [6.45, 7) is 8.40. The van der Waals surface area contributed by atoms with Gasteiger partial charge in [-0.15, -0.1) is 0 Å². The average molecular weight is 641 g/mol. The molecule has 0 aliphatic carbocycles. The largest absolute Gasteiger partial charge is 0.494 e. The third-order valence-electron chi connectivity index (χ3n) is 6.42. The Morgan fingerprint density at radius 1 is 0.723 bits per heavy atom. The fraction of sp³-hybridized carbons (Fsp3) is 0.243. The summed E-state index contributed by atoms with van der Waals surface area (Å²) < 4.78 is 26.8. The molecular weight excluding hydrogens is 600 g/mol. The molecule has 0 unspecified atom stereocenters. The van der Waals surface area contributed by atoms with Gasteiger partial charge in [-0.3, -0.25) is 9.79 Å². The van der Waals surface area contributed by atoms with Crippen molar-refractivity contribution in [3.63, 3.8) is 0 Å². The first-order chi connectivity index (χ1) is 22.9. The van der Waals surface area contributed by atoms with E-state index in [1.165, 1.54) is 6.08 Å². The first-order valence-electron chi connectivity index (χ1n) is 15.2. The van der Waals surface area contributed by atoms with Gasteiger partial charge in [-0.25, -0.2) is 9.59 Å². The highest BCUT2D eigenvalue weighted by Gasteiger charge is 2.06. The standard InChI is InChI=1S/C37H40N2O8/c1-4-36(41)46-24-8-6-22-44-31-16-10-28(11-17-31)14-21-35(40)39-30-15-20-33(34(26-30)43-3)38-27-29-12-18-32(19-13-29)45-23-7-9-25-47-37(42)5-2/h4-5,10-21,26-27H,1-2,6-9,22-25H2,3H3,(H,39,40)/b21-14+,38-27+. The predicted octanol–water partition coefficient (Wildman–Crippen LogP) is 6.87. The van der Waals surface area contributed by atoms with Crippen LogP contribution in [0.2, 0.25) is 0 Å². The highest BCUT2D eigenvalue weighted by atomic mass is 16.5. The molecule has 10 heteroatoms. The van der Waals surface area contributed by atoms with E-state index in [1.807, 2.05) is 48.5 Å². The van der Waals surface area contributed by atoms with Gasteiger partial charge in [0.25, 0.3) is 0 Å². The number of benzene rings is 3. The van der Waals surface area contributed by atoms with Crippen molar-refractivity contribution < 1.29 is 38.1 Å². The fourth-order valence-electron chi connectivity index (χ4n) is 3.94. The second-order valence-corrected chi connectivity index (χ2v) is 9.96. The summed E-state index contributed by atoms with van der Waals surface area (Å²) in [7, 11) is 1.55. The third kappa shape index (κ3) is 13.9. The normalized spacial score (nSPS) is 10.7.